The lowest BCUT2D eigenvalue weighted by atomic mass is 10.2. The summed E-state index contributed by atoms with van der Waals surface area (Å²) in [6, 6.07) is 3.58. The van der Waals surface area contributed by atoms with Crippen LogP contribution in [0.25, 0.3) is 5.65 Å². The first-order valence-electron chi connectivity index (χ1n) is 7.42. The molecule has 3 heterocycles. The summed E-state index contributed by atoms with van der Waals surface area (Å²) in [7, 11) is 0. The number of morpholine rings is 1. The van der Waals surface area contributed by atoms with Crippen molar-refractivity contribution in [1.29, 1.82) is 0 Å². The second-order valence-electron chi connectivity index (χ2n) is 5.21. The van der Waals surface area contributed by atoms with Crippen LogP contribution < -0.4 is 5.73 Å². The predicted molar refractivity (Wildman–Crippen MR) is 81.7 cm³/mol. The van der Waals surface area contributed by atoms with Gasteiger partial charge in [0.15, 0.2) is 5.69 Å². The Labute approximate surface area is 128 Å². The van der Waals surface area contributed by atoms with Crippen molar-refractivity contribution in [2.24, 2.45) is 0 Å². The average molecular weight is 304 g/mol. The Morgan fingerprint density at radius 3 is 2.91 bits per heavy atom. The SMILES string of the molecule is CCOC(=O)c1nc2ccc(N)cn2c1CN1CCOCC1. The van der Waals surface area contributed by atoms with Gasteiger partial charge in [-0.3, -0.25) is 9.30 Å². The topological polar surface area (TPSA) is 82.1 Å². The Bertz CT molecular complexity index is 677. The molecule has 0 spiro atoms. The molecule has 1 aliphatic heterocycles. The molecule has 2 aromatic heterocycles. The van der Waals surface area contributed by atoms with Crippen molar-refractivity contribution in [3.05, 3.63) is 29.7 Å². The number of ether oxygens (including phenoxy) is 2. The average Bonchev–Trinajstić information content (AvgIpc) is 2.87. The van der Waals surface area contributed by atoms with E-state index in [-0.39, 0.29) is 0 Å². The Morgan fingerprint density at radius 2 is 2.18 bits per heavy atom. The van der Waals surface area contributed by atoms with Gasteiger partial charge in [-0.1, -0.05) is 0 Å². The first-order chi connectivity index (χ1) is 10.7. The van der Waals surface area contributed by atoms with Gasteiger partial charge in [0.05, 0.1) is 25.5 Å². The molecule has 0 atom stereocenters. The number of carbonyl (C=O) groups excluding carboxylic acids is 1. The van der Waals surface area contributed by atoms with E-state index in [2.05, 4.69) is 9.88 Å². The van der Waals surface area contributed by atoms with E-state index in [9.17, 15) is 4.79 Å². The van der Waals surface area contributed by atoms with Crippen molar-refractivity contribution < 1.29 is 14.3 Å². The number of anilines is 1. The summed E-state index contributed by atoms with van der Waals surface area (Å²) >= 11 is 0. The maximum Gasteiger partial charge on any atom is 0.358 e. The quantitative estimate of drug-likeness (QED) is 0.846. The molecule has 2 N–H and O–H groups in total. The van der Waals surface area contributed by atoms with Crippen molar-refractivity contribution >= 4 is 17.3 Å². The Morgan fingerprint density at radius 1 is 1.41 bits per heavy atom. The van der Waals surface area contributed by atoms with E-state index < -0.39 is 5.97 Å². The lowest BCUT2D eigenvalue weighted by Gasteiger charge is -2.26. The zero-order valence-corrected chi connectivity index (χ0v) is 12.6. The van der Waals surface area contributed by atoms with Gasteiger partial charge in [0, 0.05) is 31.5 Å². The lowest BCUT2D eigenvalue weighted by molar-refractivity contribution is 0.0329. The molecule has 7 heteroatoms. The summed E-state index contributed by atoms with van der Waals surface area (Å²) < 4.78 is 12.4. The molecular formula is C15H20N4O3. The summed E-state index contributed by atoms with van der Waals surface area (Å²) in [4.78, 5) is 18.8. The molecule has 0 amide bonds. The molecule has 1 fully saturated rings. The van der Waals surface area contributed by atoms with Crippen LogP contribution in [0.4, 0.5) is 5.69 Å². The zero-order chi connectivity index (χ0) is 15.5. The van der Waals surface area contributed by atoms with E-state index in [1.54, 1.807) is 25.3 Å². The van der Waals surface area contributed by atoms with Gasteiger partial charge in [-0.2, -0.15) is 0 Å². The van der Waals surface area contributed by atoms with Gasteiger partial charge >= 0.3 is 5.97 Å². The molecule has 2 aromatic rings. The number of pyridine rings is 1. The van der Waals surface area contributed by atoms with Crippen molar-refractivity contribution in [2.45, 2.75) is 13.5 Å². The number of carbonyl (C=O) groups is 1. The number of nitrogens with two attached hydrogens (primary N) is 1. The molecule has 0 saturated carbocycles. The van der Waals surface area contributed by atoms with E-state index >= 15 is 0 Å². The molecule has 1 aliphatic rings. The summed E-state index contributed by atoms with van der Waals surface area (Å²) in [6.07, 6.45) is 1.79. The number of rotatable bonds is 4. The van der Waals surface area contributed by atoms with Gasteiger partial charge in [0.2, 0.25) is 0 Å². The van der Waals surface area contributed by atoms with Gasteiger partial charge < -0.3 is 15.2 Å². The molecule has 22 heavy (non-hydrogen) atoms. The number of nitrogen functional groups attached to an aromatic ring is 1. The molecule has 0 radical (unpaired) electrons. The zero-order valence-electron chi connectivity index (χ0n) is 12.6. The Balaban J connectivity index is 2.00. The minimum atomic E-state index is -0.395. The summed E-state index contributed by atoms with van der Waals surface area (Å²) in [6.45, 7) is 5.79. The van der Waals surface area contributed by atoms with E-state index in [0.717, 1.165) is 18.8 Å². The lowest BCUT2D eigenvalue weighted by Crippen LogP contribution is -2.36. The number of nitrogens with zero attached hydrogens (tertiary/aromatic N) is 3. The molecule has 0 aromatic carbocycles. The number of aromatic nitrogens is 2. The van der Waals surface area contributed by atoms with Crippen LogP contribution in [0.1, 0.15) is 23.1 Å². The van der Waals surface area contributed by atoms with Crippen LogP contribution in [0.15, 0.2) is 18.3 Å². The van der Waals surface area contributed by atoms with Gasteiger partial charge in [-0.25, -0.2) is 9.78 Å². The third-order valence-corrected chi connectivity index (χ3v) is 3.69. The fourth-order valence-electron chi connectivity index (χ4n) is 2.59. The maximum atomic E-state index is 12.2. The van der Waals surface area contributed by atoms with Gasteiger partial charge in [-0.05, 0) is 19.1 Å². The second-order valence-corrected chi connectivity index (χ2v) is 5.21. The van der Waals surface area contributed by atoms with Crippen molar-refractivity contribution in [2.75, 3.05) is 38.6 Å². The molecule has 7 nitrogen and oxygen atoms in total. The highest BCUT2D eigenvalue weighted by molar-refractivity contribution is 5.89. The molecular weight excluding hydrogens is 284 g/mol. The van der Waals surface area contributed by atoms with Crippen LogP contribution in [0.2, 0.25) is 0 Å². The molecule has 0 aliphatic carbocycles. The van der Waals surface area contributed by atoms with Gasteiger partial charge in [0.25, 0.3) is 0 Å². The van der Waals surface area contributed by atoms with Crippen molar-refractivity contribution in [3.63, 3.8) is 0 Å². The van der Waals surface area contributed by atoms with Gasteiger partial charge in [0.1, 0.15) is 5.65 Å². The van der Waals surface area contributed by atoms with Crippen LogP contribution >= 0.6 is 0 Å². The Kier molecular flexibility index (Phi) is 4.26. The summed E-state index contributed by atoms with van der Waals surface area (Å²) in [5.41, 5.74) is 8.36. The smallest absolute Gasteiger partial charge is 0.358 e. The van der Waals surface area contributed by atoms with Crippen LogP contribution in [-0.4, -0.2) is 53.2 Å². The first-order valence-corrected chi connectivity index (χ1v) is 7.42. The third kappa shape index (κ3) is 2.90. The third-order valence-electron chi connectivity index (χ3n) is 3.69. The number of fused-ring (bicyclic) bond motifs is 1. The molecule has 0 unspecified atom stereocenters. The number of hydrogen-bond donors (Lipinski definition) is 1. The van der Waals surface area contributed by atoms with E-state index in [1.807, 2.05) is 4.40 Å². The largest absolute Gasteiger partial charge is 0.461 e. The molecule has 1 saturated heterocycles. The normalized spacial score (nSPS) is 16.0. The molecule has 3 rings (SSSR count). The van der Waals surface area contributed by atoms with Crippen molar-refractivity contribution in [1.82, 2.24) is 14.3 Å². The van der Waals surface area contributed by atoms with Crippen LogP contribution in [0.5, 0.6) is 0 Å². The number of imidazole rings is 1. The van der Waals surface area contributed by atoms with Crippen molar-refractivity contribution in [3.8, 4) is 0 Å². The highest BCUT2D eigenvalue weighted by atomic mass is 16.5. The van der Waals surface area contributed by atoms with Crippen LogP contribution in [0.3, 0.4) is 0 Å². The van der Waals surface area contributed by atoms with E-state index in [1.165, 1.54) is 0 Å². The minimum Gasteiger partial charge on any atom is -0.461 e. The van der Waals surface area contributed by atoms with E-state index in [0.29, 0.717) is 43.4 Å². The summed E-state index contributed by atoms with van der Waals surface area (Å²) in [5.74, 6) is -0.395. The molecule has 0 bridgehead atoms. The minimum absolute atomic E-state index is 0.325. The monoisotopic (exact) mass is 304 g/mol. The first kappa shape index (κ1) is 14.8. The maximum absolute atomic E-state index is 12.2. The van der Waals surface area contributed by atoms with Crippen LogP contribution in [-0.2, 0) is 16.0 Å². The Hall–Kier alpha value is -2.12. The van der Waals surface area contributed by atoms with Crippen LogP contribution in [0, 0.1) is 0 Å². The standard InChI is InChI=1S/C15H20N4O3/c1-2-22-15(20)14-12(10-18-5-7-21-8-6-18)19-9-11(16)3-4-13(19)17-14/h3-4,9H,2,5-8,10,16H2,1H3. The predicted octanol–water partition coefficient (Wildman–Crippen LogP) is 0.925. The fraction of sp³-hybridized carbons (Fsp3) is 0.467. The highest BCUT2D eigenvalue weighted by Gasteiger charge is 2.23. The second kappa shape index (κ2) is 6.33. The highest BCUT2D eigenvalue weighted by Crippen LogP contribution is 2.18. The fourth-order valence-corrected chi connectivity index (χ4v) is 2.59. The number of hydrogen-bond acceptors (Lipinski definition) is 6. The van der Waals surface area contributed by atoms with E-state index in [4.69, 9.17) is 15.2 Å². The number of esters is 1. The molecule has 118 valence electrons. The summed E-state index contributed by atoms with van der Waals surface area (Å²) in [5, 5.41) is 0. The van der Waals surface area contributed by atoms with Gasteiger partial charge in [-0.15, -0.1) is 0 Å².